The summed E-state index contributed by atoms with van der Waals surface area (Å²) in [4.78, 5) is 54.8. The summed E-state index contributed by atoms with van der Waals surface area (Å²) < 4.78 is 17.2. The van der Waals surface area contributed by atoms with E-state index in [1.54, 1.807) is 25.9 Å². The molecular formula is C31H35NO12. The number of methoxy groups -OCH3 is 1. The Balaban J connectivity index is 1.73. The highest BCUT2D eigenvalue weighted by atomic mass is 16.7. The van der Waals surface area contributed by atoms with Gasteiger partial charge in [-0.1, -0.05) is 0 Å². The fraction of sp³-hybridized carbons (Fsp3) is 0.484. The number of aliphatic hydroxyl groups is 2. The molecule has 0 amide bonds. The van der Waals surface area contributed by atoms with Gasteiger partial charge in [0.2, 0.25) is 5.78 Å². The molecule has 236 valence electrons. The quantitative estimate of drug-likeness (QED) is 0.198. The van der Waals surface area contributed by atoms with Gasteiger partial charge in [-0.25, -0.2) is 0 Å². The molecule has 2 aromatic rings. The SMILES string of the molecule is COC(=O)[C@@H]1c2cc3c(c(O)c2[C@@H](O[C@H]2C[C@H](N(C)C)[C@H](O)[C@H](C)O2)C[C@@]1(O)CC(C)=O)C(=O)c1c(O)ccc(O)c1C3=O. The molecule has 2 aliphatic carbocycles. The van der Waals surface area contributed by atoms with Gasteiger partial charge in [-0.15, -0.1) is 0 Å². The van der Waals surface area contributed by atoms with Crippen molar-refractivity contribution in [3.8, 4) is 17.2 Å². The van der Waals surface area contributed by atoms with Gasteiger partial charge in [0.25, 0.3) is 0 Å². The average molecular weight is 614 g/mol. The molecule has 0 saturated carbocycles. The molecule has 0 spiro atoms. The van der Waals surface area contributed by atoms with Crippen molar-refractivity contribution in [3.63, 3.8) is 0 Å². The first-order chi connectivity index (χ1) is 20.6. The first-order valence-electron chi connectivity index (χ1n) is 14.1. The molecular weight excluding hydrogens is 578 g/mol. The van der Waals surface area contributed by atoms with E-state index in [2.05, 4.69) is 0 Å². The number of phenols is 3. The van der Waals surface area contributed by atoms with Crippen LogP contribution in [0.4, 0.5) is 0 Å². The highest BCUT2D eigenvalue weighted by Crippen LogP contribution is 2.54. The van der Waals surface area contributed by atoms with E-state index in [9.17, 15) is 44.7 Å². The summed E-state index contributed by atoms with van der Waals surface area (Å²) in [5.41, 5.74) is -4.22. The molecule has 5 rings (SSSR count). The standard InChI is InChI=1S/C31H35NO12/c1-12(33)10-31(41)11-19(44-20-9-16(32(3)4)26(36)13(2)43-20)21-14(25(31)30(40)42-5)8-15-22(28(21)38)29(39)24-18(35)7-6-17(34)23(24)27(15)37/h6-8,13,16,19-20,25-26,34-36,38,41H,9-11H2,1-5H3/t13-,16-,19-,20-,25-,26+,31-/m0/s1. The number of nitrogens with zero attached hydrogens (tertiary/aromatic N) is 1. The second-order valence-electron chi connectivity index (χ2n) is 12.0. The summed E-state index contributed by atoms with van der Waals surface area (Å²) in [5.74, 6) is -6.82. The van der Waals surface area contributed by atoms with Gasteiger partial charge in [0, 0.05) is 36.4 Å². The van der Waals surface area contributed by atoms with Crippen LogP contribution >= 0.6 is 0 Å². The number of ketones is 3. The number of Topliss-reactive ketones (excluding diaryl/α,β-unsaturated/α-hetero) is 1. The van der Waals surface area contributed by atoms with Crippen LogP contribution in [0.15, 0.2) is 18.2 Å². The van der Waals surface area contributed by atoms with Gasteiger partial charge in [-0.05, 0) is 51.7 Å². The third kappa shape index (κ3) is 4.94. The summed E-state index contributed by atoms with van der Waals surface area (Å²) in [6, 6.07) is 2.83. The zero-order valence-corrected chi connectivity index (χ0v) is 24.9. The van der Waals surface area contributed by atoms with Crippen LogP contribution in [0.1, 0.15) is 88.1 Å². The van der Waals surface area contributed by atoms with Gasteiger partial charge in [0.1, 0.15) is 28.9 Å². The minimum atomic E-state index is -2.11. The fourth-order valence-electron chi connectivity index (χ4n) is 6.82. The number of ether oxygens (including phenoxy) is 3. The van der Waals surface area contributed by atoms with Crippen LogP contribution in [0.3, 0.4) is 0 Å². The van der Waals surface area contributed by atoms with E-state index in [4.69, 9.17) is 14.2 Å². The molecule has 7 atom stereocenters. The largest absolute Gasteiger partial charge is 0.507 e. The number of aromatic hydroxyl groups is 3. The number of aliphatic hydroxyl groups excluding tert-OH is 1. The normalized spacial score (nSPS) is 29.5. The maximum Gasteiger partial charge on any atom is 0.316 e. The lowest BCUT2D eigenvalue weighted by Crippen LogP contribution is -2.54. The molecule has 3 aliphatic rings. The van der Waals surface area contributed by atoms with Gasteiger partial charge in [-0.2, -0.15) is 0 Å². The monoisotopic (exact) mass is 613 g/mol. The van der Waals surface area contributed by atoms with E-state index in [0.717, 1.165) is 25.3 Å². The highest BCUT2D eigenvalue weighted by molar-refractivity contribution is 6.31. The molecule has 5 N–H and O–H groups in total. The Hall–Kier alpha value is -3.88. The zero-order chi connectivity index (χ0) is 32.4. The Labute approximate surface area is 252 Å². The molecule has 1 aliphatic heterocycles. The van der Waals surface area contributed by atoms with Crippen molar-refractivity contribution < 1.29 is 58.9 Å². The lowest BCUT2D eigenvalue weighted by Gasteiger charge is -2.46. The number of benzene rings is 2. The van der Waals surface area contributed by atoms with Crippen LogP contribution in [-0.4, -0.2) is 105 Å². The molecule has 13 nitrogen and oxygen atoms in total. The summed E-state index contributed by atoms with van der Waals surface area (Å²) in [6.07, 6.45) is -4.57. The van der Waals surface area contributed by atoms with Crippen molar-refractivity contribution in [2.45, 2.75) is 75.3 Å². The molecule has 0 radical (unpaired) electrons. The summed E-state index contributed by atoms with van der Waals surface area (Å²) in [7, 11) is 4.63. The van der Waals surface area contributed by atoms with Crippen LogP contribution in [0.5, 0.6) is 17.2 Å². The van der Waals surface area contributed by atoms with Crippen molar-refractivity contribution in [3.05, 3.63) is 51.6 Å². The first-order valence-corrected chi connectivity index (χ1v) is 14.1. The van der Waals surface area contributed by atoms with Crippen LogP contribution in [-0.2, 0) is 23.8 Å². The summed E-state index contributed by atoms with van der Waals surface area (Å²) in [5, 5.41) is 55.2. The number of likely N-dealkylation sites (N-methyl/N-ethyl adjacent to an activating group) is 1. The number of fused-ring (bicyclic) bond motifs is 3. The number of esters is 1. The van der Waals surface area contributed by atoms with E-state index in [1.807, 2.05) is 0 Å². The zero-order valence-electron chi connectivity index (χ0n) is 24.9. The van der Waals surface area contributed by atoms with E-state index in [0.29, 0.717) is 0 Å². The molecule has 13 heteroatoms. The van der Waals surface area contributed by atoms with E-state index >= 15 is 0 Å². The molecule has 0 unspecified atom stereocenters. The predicted octanol–water partition coefficient (Wildman–Crippen LogP) is 1.43. The molecule has 1 saturated heterocycles. The van der Waals surface area contributed by atoms with Crippen LogP contribution in [0.25, 0.3) is 0 Å². The van der Waals surface area contributed by atoms with Crippen LogP contribution in [0, 0.1) is 0 Å². The van der Waals surface area contributed by atoms with E-state index in [-0.39, 0.29) is 17.5 Å². The Kier molecular flexibility index (Phi) is 8.06. The molecule has 1 heterocycles. The topological polar surface area (TPSA) is 200 Å². The van der Waals surface area contributed by atoms with Gasteiger partial charge in [0.05, 0.1) is 47.7 Å². The van der Waals surface area contributed by atoms with Crippen molar-refractivity contribution in [1.29, 1.82) is 0 Å². The number of hydrogen-bond acceptors (Lipinski definition) is 13. The van der Waals surface area contributed by atoms with Crippen LogP contribution < -0.4 is 0 Å². The van der Waals surface area contributed by atoms with Crippen molar-refractivity contribution in [2.24, 2.45) is 0 Å². The van der Waals surface area contributed by atoms with Gasteiger partial charge in [0.15, 0.2) is 12.1 Å². The molecule has 44 heavy (non-hydrogen) atoms. The average Bonchev–Trinajstić information content (AvgIpc) is 2.93. The molecule has 2 aromatic carbocycles. The second-order valence-corrected chi connectivity index (χ2v) is 12.0. The predicted molar refractivity (Wildman–Crippen MR) is 151 cm³/mol. The Morgan fingerprint density at radius 3 is 2.25 bits per heavy atom. The third-order valence-electron chi connectivity index (χ3n) is 8.82. The number of carbonyl (C=O) groups is 4. The van der Waals surface area contributed by atoms with Crippen molar-refractivity contribution in [2.75, 3.05) is 21.2 Å². The van der Waals surface area contributed by atoms with Crippen molar-refractivity contribution >= 4 is 23.3 Å². The highest BCUT2D eigenvalue weighted by Gasteiger charge is 2.54. The van der Waals surface area contributed by atoms with Gasteiger partial charge in [-0.3, -0.25) is 19.2 Å². The molecule has 0 aromatic heterocycles. The lowest BCUT2D eigenvalue weighted by atomic mass is 9.66. The maximum absolute atomic E-state index is 13.7. The van der Waals surface area contributed by atoms with E-state index in [1.165, 1.54) is 6.92 Å². The number of rotatable bonds is 6. The third-order valence-corrected chi connectivity index (χ3v) is 8.82. The first kappa shape index (κ1) is 31.5. The van der Waals surface area contributed by atoms with Gasteiger partial charge >= 0.3 is 5.97 Å². The second kappa shape index (κ2) is 11.2. The summed E-state index contributed by atoms with van der Waals surface area (Å²) >= 11 is 0. The maximum atomic E-state index is 13.7. The van der Waals surface area contributed by atoms with Crippen molar-refractivity contribution in [1.82, 2.24) is 4.90 Å². The smallest absolute Gasteiger partial charge is 0.316 e. The van der Waals surface area contributed by atoms with Gasteiger partial charge < -0.3 is 44.6 Å². The number of carbonyl (C=O) groups excluding carboxylic acids is 4. The number of hydrogen-bond donors (Lipinski definition) is 5. The Morgan fingerprint density at radius 2 is 1.68 bits per heavy atom. The van der Waals surface area contributed by atoms with Crippen LogP contribution in [0.2, 0.25) is 0 Å². The van der Waals surface area contributed by atoms with E-state index < -0.39 is 118 Å². The summed E-state index contributed by atoms with van der Waals surface area (Å²) in [6.45, 7) is 2.88. The number of phenolic OH excluding ortho intramolecular Hbond substituents is 3. The molecule has 0 bridgehead atoms. The minimum absolute atomic E-state index is 0.111. The minimum Gasteiger partial charge on any atom is -0.507 e. The lowest BCUT2D eigenvalue weighted by molar-refractivity contribution is -0.258. The Morgan fingerprint density at radius 1 is 1.07 bits per heavy atom. The fourth-order valence-corrected chi connectivity index (χ4v) is 6.82. The Bertz CT molecular complexity index is 1570. The molecule has 1 fully saturated rings.